The highest BCUT2D eigenvalue weighted by Crippen LogP contribution is 2.84. The van der Waals surface area contributed by atoms with Crippen LogP contribution in [0.15, 0.2) is 0 Å². The van der Waals surface area contributed by atoms with Crippen LogP contribution >= 0.6 is 0 Å². The number of aliphatic hydroxyl groups is 4. The van der Waals surface area contributed by atoms with Crippen LogP contribution in [0.1, 0.15) is 27.7 Å². The van der Waals surface area contributed by atoms with Gasteiger partial charge in [0.2, 0.25) is 11.9 Å². The molecule has 0 aromatic carbocycles. The first-order valence-electron chi connectivity index (χ1n) is 10.3. The lowest BCUT2D eigenvalue weighted by Gasteiger charge is -2.47. The number of carbonyl (C=O) groups excluding carboxylic acids is 3. The van der Waals surface area contributed by atoms with E-state index in [1.54, 1.807) is 20.8 Å². The lowest BCUT2D eigenvalue weighted by Crippen LogP contribution is -2.67. The minimum atomic E-state index is -2.40. The Labute approximate surface area is 176 Å². The first-order chi connectivity index (χ1) is 14.3. The first-order valence-corrected chi connectivity index (χ1v) is 10.3. The summed E-state index contributed by atoms with van der Waals surface area (Å²) in [5, 5.41) is 46.1. The van der Waals surface area contributed by atoms with Gasteiger partial charge in [-0.15, -0.1) is 0 Å². The molecule has 170 valence electrons. The fraction of sp³-hybridized carbons (Fsp3) is 0.850. The van der Waals surface area contributed by atoms with E-state index < -0.39 is 94.0 Å². The Hall–Kier alpha value is -1.79. The molecule has 12 atom stereocenters. The van der Waals surface area contributed by atoms with Gasteiger partial charge in [0, 0.05) is 5.92 Å². The predicted octanol–water partition coefficient (Wildman–Crippen LogP) is -2.40. The lowest BCUT2D eigenvalue weighted by molar-refractivity contribution is -0.240. The van der Waals surface area contributed by atoms with Crippen LogP contribution in [-0.4, -0.2) is 86.3 Å². The quantitative estimate of drug-likeness (QED) is 0.234. The zero-order chi connectivity index (χ0) is 22.7. The van der Waals surface area contributed by atoms with Crippen LogP contribution in [0.4, 0.5) is 0 Å². The highest BCUT2D eigenvalue weighted by Gasteiger charge is 3.05. The van der Waals surface area contributed by atoms with E-state index in [0.717, 1.165) is 0 Å². The number of ether oxygens (including phenoxy) is 4. The molecular weight excluding hydrogens is 416 g/mol. The van der Waals surface area contributed by atoms with Gasteiger partial charge in [-0.2, -0.15) is 0 Å². The highest BCUT2D eigenvalue weighted by molar-refractivity contribution is 5.94. The molecule has 1 unspecified atom stereocenters. The molecule has 11 heteroatoms. The number of aliphatic hydroxyl groups excluding tert-OH is 3. The molecule has 31 heavy (non-hydrogen) atoms. The molecule has 6 fully saturated rings. The minimum absolute atomic E-state index is 0.792. The van der Waals surface area contributed by atoms with Crippen LogP contribution in [0, 0.1) is 28.1 Å². The summed E-state index contributed by atoms with van der Waals surface area (Å²) >= 11 is 0. The first kappa shape index (κ1) is 19.9. The average molecular weight is 440 g/mol. The molecule has 11 nitrogen and oxygen atoms in total. The normalized spacial score (nSPS) is 61.0. The second kappa shape index (κ2) is 4.91. The molecule has 0 amide bonds. The van der Waals surface area contributed by atoms with Crippen molar-refractivity contribution in [3.05, 3.63) is 0 Å². The van der Waals surface area contributed by atoms with Crippen molar-refractivity contribution in [1.29, 1.82) is 0 Å². The van der Waals surface area contributed by atoms with E-state index in [1.807, 2.05) is 0 Å². The van der Waals surface area contributed by atoms with Crippen molar-refractivity contribution in [1.82, 2.24) is 0 Å². The Balaban J connectivity index is 1.75. The van der Waals surface area contributed by atoms with Crippen molar-refractivity contribution in [2.75, 3.05) is 0 Å². The van der Waals surface area contributed by atoms with Crippen molar-refractivity contribution < 1.29 is 53.8 Å². The monoisotopic (exact) mass is 440 g/mol. The van der Waals surface area contributed by atoms with Crippen LogP contribution in [-0.2, 0) is 33.3 Å². The molecule has 4 N–H and O–H groups in total. The summed E-state index contributed by atoms with van der Waals surface area (Å²) in [7, 11) is 0. The number of carbonyl (C=O) groups is 3. The maximum Gasteiger partial charge on any atom is 0.343 e. The van der Waals surface area contributed by atoms with Gasteiger partial charge in [-0.3, -0.25) is 4.79 Å². The molecule has 4 aliphatic heterocycles. The Morgan fingerprint density at radius 2 is 1.58 bits per heavy atom. The van der Waals surface area contributed by atoms with Crippen molar-refractivity contribution in [3.63, 3.8) is 0 Å². The third-order valence-electron chi connectivity index (χ3n) is 8.95. The van der Waals surface area contributed by atoms with Crippen molar-refractivity contribution >= 4 is 17.9 Å². The van der Waals surface area contributed by atoms with Crippen LogP contribution in [0.5, 0.6) is 0 Å². The summed E-state index contributed by atoms with van der Waals surface area (Å²) in [5.41, 5.74) is -9.40. The summed E-state index contributed by atoms with van der Waals surface area (Å²) in [6.07, 6.45) is -9.69. The van der Waals surface area contributed by atoms with Crippen molar-refractivity contribution in [2.24, 2.45) is 28.1 Å². The fourth-order valence-corrected chi connectivity index (χ4v) is 8.27. The smallest absolute Gasteiger partial charge is 0.343 e. The fourth-order valence-electron chi connectivity index (χ4n) is 8.27. The van der Waals surface area contributed by atoms with Crippen LogP contribution in [0.3, 0.4) is 0 Å². The highest BCUT2D eigenvalue weighted by atomic mass is 16.8. The Morgan fingerprint density at radius 1 is 0.935 bits per heavy atom. The SMILES string of the molecule is C[C@H]1C(=O)O[C@@H]2[C@H](O)C34[C@H]5OC(=O)[C@]3(O[C@@H]3OC(=O)[C@H](O)[C@]34[C@H](C(C)(C)C)[C@@H]5O)[C@@]21O. The van der Waals surface area contributed by atoms with Crippen LogP contribution < -0.4 is 0 Å². The molecule has 0 bridgehead atoms. The molecule has 4 heterocycles. The zero-order valence-corrected chi connectivity index (χ0v) is 17.3. The van der Waals surface area contributed by atoms with E-state index in [9.17, 15) is 34.8 Å². The summed E-state index contributed by atoms with van der Waals surface area (Å²) in [4.78, 5) is 38.3. The Kier molecular flexibility index (Phi) is 3.15. The number of fused-ring (bicyclic) bond motifs is 1. The number of esters is 3. The van der Waals surface area contributed by atoms with E-state index in [2.05, 4.69) is 0 Å². The predicted molar refractivity (Wildman–Crippen MR) is 93.4 cm³/mol. The third-order valence-corrected chi connectivity index (χ3v) is 8.95. The summed E-state index contributed by atoms with van der Waals surface area (Å²) in [6.45, 7) is 6.63. The topological polar surface area (TPSA) is 169 Å². The second-order valence-electron chi connectivity index (χ2n) is 10.8. The molecule has 0 radical (unpaired) electrons. The maximum atomic E-state index is 13.4. The van der Waals surface area contributed by atoms with Gasteiger partial charge in [-0.1, -0.05) is 20.8 Å². The van der Waals surface area contributed by atoms with Gasteiger partial charge in [0.25, 0.3) is 0 Å². The van der Waals surface area contributed by atoms with Crippen LogP contribution in [0.2, 0.25) is 0 Å². The molecule has 2 aliphatic carbocycles. The summed E-state index contributed by atoms with van der Waals surface area (Å²) in [6, 6.07) is 0. The Morgan fingerprint density at radius 3 is 2.19 bits per heavy atom. The summed E-state index contributed by atoms with van der Waals surface area (Å²) in [5.74, 6) is -5.22. The van der Waals surface area contributed by atoms with Gasteiger partial charge < -0.3 is 39.4 Å². The number of rotatable bonds is 0. The van der Waals surface area contributed by atoms with Gasteiger partial charge >= 0.3 is 17.9 Å². The standard InChI is InChI=1S/C20H24O11/c1-5-12(24)28-11-8(22)18-10-6(21)7(16(2,3)4)17(18)9(23)13(25)30-15(17)31-20(18,14(26)29-10)19(5,11)27/h5-11,15,21-23,27H,1-4H3/t5-,6-,7-,8-,9-,10-,11+,15-,17+,18?,19-,20+/m0/s1. The average Bonchev–Trinajstić information content (AvgIpc) is 3.35. The van der Waals surface area contributed by atoms with E-state index in [4.69, 9.17) is 18.9 Å². The van der Waals surface area contributed by atoms with Crippen molar-refractivity contribution in [2.45, 2.75) is 75.7 Å². The zero-order valence-electron chi connectivity index (χ0n) is 17.3. The minimum Gasteiger partial charge on any atom is -0.456 e. The van der Waals surface area contributed by atoms with Gasteiger partial charge in [0.05, 0.1) is 22.9 Å². The lowest BCUT2D eigenvalue weighted by atomic mass is 9.51. The van der Waals surface area contributed by atoms with Gasteiger partial charge in [0.1, 0.15) is 12.2 Å². The molecule has 6 aliphatic rings. The van der Waals surface area contributed by atoms with E-state index in [1.165, 1.54) is 6.92 Å². The molecule has 0 aromatic rings. The van der Waals surface area contributed by atoms with Crippen molar-refractivity contribution in [3.8, 4) is 0 Å². The molecular formula is C20H24O11. The van der Waals surface area contributed by atoms with Gasteiger partial charge in [-0.05, 0) is 12.3 Å². The largest absolute Gasteiger partial charge is 0.456 e. The Bertz CT molecular complexity index is 957. The second-order valence-corrected chi connectivity index (χ2v) is 10.8. The third kappa shape index (κ3) is 1.43. The molecule has 6 rings (SSSR count). The van der Waals surface area contributed by atoms with Gasteiger partial charge in [0.15, 0.2) is 17.8 Å². The molecule has 2 spiro atoms. The van der Waals surface area contributed by atoms with E-state index >= 15 is 0 Å². The molecule has 2 saturated carbocycles. The summed E-state index contributed by atoms with van der Waals surface area (Å²) < 4.78 is 22.2. The molecule has 4 saturated heterocycles. The van der Waals surface area contributed by atoms with E-state index in [0.29, 0.717) is 0 Å². The maximum absolute atomic E-state index is 13.4. The number of hydrogen-bond donors (Lipinski definition) is 4. The number of hydrogen-bond acceptors (Lipinski definition) is 11. The van der Waals surface area contributed by atoms with Gasteiger partial charge in [-0.25, -0.2) is 9.59 Å². The van der Waals surface area contributed by atoms with Crippen LogP contribution in [0.25, 0.3) is 0 Å². The molecule has 0 aromatic heterocycles. The van der Waals surface area contributed by atoms with E-state index in [-0.39, 0.29) is 0 Å².